The largest absolute Gasteiger partial charge is 0.356 e. The molecule has 6 nitrogen and oxygen atoms in total. The summed E-state index contributed by atoms with van der Waals surface area (Å²) in [5, 5.41) is 10.8. The van der Waals surface area contributed by atoms with Crippen LogP contribution in [0.15, 0.2) is 28.0 Å². The highest BCUT2D eigenvalue weighted by molar-refractivity contribution is 8.01. The summed E-state index contributed by atoms with van der Waals surface area (Å²) in [6.07, 6.45) is 1.90. The fourth-order valence-corrected chi connectivity index (χ4v) is 3.88. The van der Waals surface area contributed by atoms with Crippen molar-refractivity contribution in [3.8, 4) is 0 Å². The van der Waals surface area contributed by atoms with E-state index >= 15 is 0 Å². The average molecular weight is 349 g/mol. The van der Waals surface area contributed by atoms with E-state index < -0.39 is 0 Å². The van der Waals surface area contributed by atoms with Gasteiger partial charge in [-0.05, 0) is 31.9 Å². The zero-order chi connectivity index (χ0) is 16.1. The monoisotopic (exact) mass is 349 g/mol. The molecular formula is C15H19N5OS2. The van der Waals surface area contributed by atoms with Crippen LogP contribution in [-0.2, 0) is 4.79 Å². The zero-order valence-electron chi connectivity index (χ0n) is 12.9. The molecular weight excluding hydrogens is 330 g/mol. The molecule has 0 radical (unpaired) electrons. The molecule has 1 aliphatic rings. The van der Waals surface area contributed by atoms with Crippen molar-refractivity contribution in [1.82, 2.24) is 20.5 Å². The van der Waals surface area contributed by atoms with Crippen molar-refractivity contribution in [3.05, 3.63) is 29.4 Å². The van der Waals surface area contributed by atoms with E-state index in [4.69, 9.17) is 0 Å². The van der Waals surface area contributed by atoms with Gasteiger partial charge in [0.1, 0.15) is 11.3 Å². The minimum absolute atomic E-state index is 0.0670. The quantitative estimate of drug-likeness (QED) is 0.834. The molecule has 1 amide bonds. The Balaban J connectivity index is 1.43. The first-order valence-electron chi connectivity index (χ1n) is 7.57. The summed E-state index contributed by atoms with van der Waals surface area (Å²) in [7, 11) is 0. The predicted octanol–water partition coefficient (Wildman–Crippen LogP) is 2.12. The molecule has 122 valence electrons. The van der Waals surface area contributed by atoms with Crippen molar-refractivity contribution in [2.75, 3.05) is 23.7 Å². The predicted molar refractivity (Wildman–Crippen MR) is 93.0 cm³/mol. The molecule has 8 heteroatoms. The number of rotatable bonds is 5. The highest BCUT2D eigenvalue weighted by Gasteiger charge is 2.21. The molecule has 0 bridgehead atoms. The summed E-state index contributed by atoms with van der Waals surface area (Å²) in [5.74, 6) is 1.49. The lowest BCUT2D eigenvalue weighted by molar-refractivity contribution is -0.119. The Hall–Kier alpha value is -1.67. The maximum atomic E-state index is 12.0. The standard InChI is InChI=1S/C15H19N5OS2/c1-11-3-2-4-13(17-11)20-7-5-12(6-8-20)18-14(21)9-22-15-19-16-10-23-15/h2-4,10,12H,5-9H2,1H3,(H,18,21). The summed E-state index contributed by atoms with van der Waals surface area (Å²) in [5.41, 5.74) is 2.71. The summed E-state index contributed by atoms with van der Waals surface area (Å²) in [6, 6.07) is 6.34. The van der Waals surface area contributed by atoms with Crippen LogP contribution in [0.2, 0.25) is 0 Å². The Morgan fingerprint density at radius 1 is 1.43 bits per heavy atom. The molecule has 2 aromatic rings. The first kappa shape index (κ1) is 16.2. The molecule has 3 rings (SSSR count). The number of thioether (sulfide) groups is 1. The Labute approximate surface area is 143 Å². The topological polar surface area (TPSA) is 71.0 Å². The number of pyridine rings is 1. The number of aryl methyl sites for hydroxylation is 1. The number of nitrogens with zero attached hydrogens (tertiary/aromatic N) is 4. The van der Waals surface area contributed by atoms with Crippen molar-refractivity contribution in [1.29, 1.82) is 0 Å². The Morgan fingerprint density at radius 3 is 2.96 bits per heavy atom. The number of carbonyl (C=O) groups excluding carboxylic acids is 1. The van der Waals surface area contributed by atoms with Gasteiger partial charge in [0.15, 0.2) is 4.34 Å². The van der Waals surface area contributed by atoms with Gasteiger partial charge in [-0.15, -0.1) is 10.2 Å². The van der Waals surface area contributed by atoms with Gasteiger partial charge >= 0.3 is 0 Å². The SMILES string of the molecule is Cc1cccc(N2CCC(NC(=O)CSc3nncs3)CC2)n1. The van der Waals surface area contributed by atoms with Gasteiger partial charge < -0.3 is 10.2 Å². The summed E-state index contributed by atoms with van der Waals surface area (Å²) < 4.78 is 0.834. The molecule has 1 saturated heterocycles. The van der Waals surface area contributed by atoms with Gasteiger partial charge in [-0.3, -0.25) is 4.79 Å². The van der Waals surface area contributed by atoms with Crippen LogP contribution >= 0.6 is 23.1 Å². The minimum atomic E-state index is 0.0670. The number of hydrogen-bond acceptors (Lipinski definition) is 7. The lowest BCUT2D eigenvalue weighted by Gasteiger charge is -2.33. The number of amides is 1. The zero-order valence-corrected chi connectivity index (χ0v) is 14.6. The second kappa shape index (κ2) is 7.74. The summed E-state index contributed by atoms with van der Waals surface area (Å²) in [6.45, 7) is 3.85. The van der Waals surface area contributed by atoms with E-state index in [0.29, 0.717) is 5.75 Å². The molecule has 0 spiro atoms. The maximum Gasteiger partial charge on any atom is 0.230 e. The first-order chi connectivity index (χ1) is 11.2. The van der Waals surface area contributed by atoms with Crippen molar-refractivity contribution < 1.29 is 4.79 Å². The third-order valence-corrected chi connectivity index (χ3v) is 5.58. The van der Waals surface area contributed by atoms with E-state index in [9.17, 15) is 4.79 Å². The first-order valence-corrected chi connectivity index (χ1v) is 9.44. The molecule has 1 fully saturated rings. The van der Waals surface area contributed by atoms with Crippen LogP contribution < -0.4 is 10.2 Å². The fourth-order valence-electron chi connectivity index (χ4n) is 2.58. The van der Waals surface area contributed by atoms with Gasteiger partial charge in [0, 0.05) is 24.8 Å². The Morgan fingerprint density at radius 2 is 2.26 bits per heavy atom. The summed E-state index contributed by atoms with van der Waals surface area (Å²) in [4.78, 5) is 18.8. The van der Waals surface area contributed by atoms with Crippen molar-refractivity contribution in [3.63, 3.8) is 0 Å². The molecule has 0 saturated carbocycles. The van der Waals surface area contributed by atoms with Crippen LogP contribution in [0, 0.1) is 6.92 Å². The van der Waals surface area contributed by atoms with Gasteiger partial charge in [0.25, 0.3) is 0 Å². The second-order valence-electron chi connectivity index (χ2n) is 5.46. The molecule has 0 aliphatic carbocycles. The average Bonchev–Trinajstić information content (AvgIpc) is 3.07. The van der Waals surface area contributed by atoms with E-state index in [0.717, 1.165) is 41.8 Å². The van der Waals surface area contributed by atoms with Crippen LogP contribution in [0.4, 0.5) is 5.82 Å². The number of nitrogens with one attached hydrogen (secondary N) is 1. The highest BCUT2D eigenvalue weighted by atomic mass is 32.2. The number of anilines is 1. The lowest BCUT2D eigenvalue weighted by Crippen LogP contribution is -2.45. The number of piperidine rings is 1. The van der Waals surface area contributed by atoms with Gasteiger partial charge in [-0.25, -0.2) is 4.98 Å². The maximum absolute atomic E-state index is 12.0. The van der Waals surface area contributed by atoms with E-state index in [2.05, 4.69) is 25.4 Å². The molecule has 3 heterocycles. The Bertz CT molecular complexity index is 641. The number of carbonyl (C=O) groups is 1. The smallest absolute Gasteiger partial charge is 0.230 e. The van der Waals surface area contributed by atoms with E-state index in [1.54, 1.807) is 5.51 Å². The fraction of sp³-hybridized carbons (Fsp3) is 0.467. The van der Waals surface area contributed by atoms with Gasteiger partial charge in [-0.1, -0.05) is 29.2 Å². The molecule has 0 aromatic carbocycles. The second-order valence-corrected chi connectivity index (χ2v) is 7.52. The van der Waals surface area contributed by atoms with Crippen LogP contribution in [0.3, 0.4) is 0 Å². The lowest BCUT2D eigenvalue weighted by atomic mass is 10.1. The highest BCUT2D eigenvalue weighted by Crippen LogP contribution is 2.20. The van der Waals surface area contributed by atoms with Gasteiger partial charge in [-0.2, -0.15) is 0 Å². The van der Waals surface area contributed by atoms with E-state index in [1.165, 1.54) is 23.1 Å². The third kappa shape index (κ3) is 4.65. The van der Waals surface area contributed by atoms with Gasteiger partial charge in [0.05, 0.1) is 5.75 Å². The van der Waals surface area contributed by atoms with E-state index in [1.807, 2.05) is 25.1 Å². The van der Waals surface area contributed by atoms with Crippen molar-refractivity contribution in [2.45, 2.75) is 30.1 Å². The molecule has 1 aliphatic heterocycles. The molecule has 0 unspecified atom stereocenters. The molecule has 23 heavy (non-hydrogen) atoms. The van der Waals surface area contributed by atoms with Crippen LogP contribution in [0.1, 0.15) is 18.5 Å². The van der Waals surface area contributed by atoms with Crippen molar-refractivity contribution in [2.24, 2.45) is 0 Å². The van der Waals surface area contributed by atoms with Crippen LogP contribution in [0.25, 0.3) is 0 Å². The molecule has 2 aromatic heterocycles. The van der Waals surface area contributed by atoms with Crippen LogP contribution in [-0.4, -0.2) is 46.0 Å². The van der Waals surface area contributed by atoms with E-state index in [-0.39, 0.29) is 11.9 Å². The number of hydrogen-bond donors (Lipinski definition) is 1. The van der Waals surface area contributed by atoms with Crippen molar-refractivity contribution >= 4 is 34.8 Å². The number of aromatic nitrogens is 3. The molecule has 0 atom stereocenters. The minimum Gasteiger partial charge on any atom is -0.356 e. The molecule has 1 N–H and O–H groups in total. The van der Waals surface area contributed by atoms with Gasteiger partial charge in [0.2, 0.25) is 5.91 Å². The van der Waals surface area contributed by atoms with Crippen LogP contribution in [0.5, 0.6) is 0 Å². The summed E-state index contributed by atoms with van der Waals surface area (Å²) >= 11 is 2.89. The Kier molecular flexibility index (Phi) is 5.45. The normalized spacial score (nSPS) is 15.6. The third-order valence-electron chi connectivity index (χ3n) is 3.72.